The third-order valence-electron chi connectivity index (χ3n) is 5.57. The molecule has 0 aromatic heterocycles. The maximum atomic E-state index is 11.2. The Morgan fingerprint density at radius 2 is 2.00 bits per heavy atom. The van der Waals surface area contributed by atoms with Crippen molar-refractivity contribution in [1.29, 1.82) is 0 Å². The number of carbonyl (C=O) groups is 1. The Labute approximate surface area is 191 Å². The predicted molar refractivity (Wildman–Crippen MR) is 133 cm³/mol. The molecule has 6 heteroatoms. The minimum Gasteiger partial charge on any atom is -0.385 e. The van der Waals surface area contributed by atoms with Crippen LogP contribution in [0.1, 0.15) is 44.9 Å². The van der Waals surface area contributed by atoms with E-state index in [1.54, 1.807) is 7.05 Å². The van der Waals surface area contributed by atoms with E-state index in [9.17, 15) is 4.79 Å². The number of para-hydroxylation sites is 1. The molecule has 1 amide bonds. The van der Waals surface area contributed by atoms with Crippen molar-refractivity contribution >= 4 is 17.8 Å². The fourth-order valence-electron chi connectivity index (χ4n) is 3.73. The van der Waals surface area contributed by atoms with Crippen molar-refractivity contribution in [3.05, 3.63) is 78.3 Å². The average molecular weight is 434 g/mol. The molecule has 0 spiro atoms. The summed E-state index contributed by atoms with van der Waals surface area (Å²) >= 11 is 0. The van der Waals surface area contributed by atoms with Gasteiger partial charge in [-0.05, 0) is 43.9 Å². The van der Waals surface area contributed by atoms with Crippen molar-refractivity contribution in [1.82, 2.24) is 16.0 Å². The molecule has 0 bridgehead atoms. The minimum atomic E-state index is -0.205. The van der Waals surface area contributed by atoms with Crippen molar-refractivity contribution in [2.75, 3.05) is 18.5 Å². The number of carbonyl (C=O) groups excluding carboxylic acids is 1. The Hall–Kier alpha value is -3.28. The van der Waals surface area contributed by atoms with Crippen molar-refractivity contribution in [2.24, 2.45) is 4.99 Å². The molecule has 0 saturated carbocycles. The summed E-state index contributed by atoms with van der Waals surface area (Å²) < 4.78 is 0. The second kappa shape index (κ2) is 12.5. The molecule has 1 atom stereocenters. The molecule has 1 aliphatic heterocycles. The second-order valence-electron chi connectivity index (χ2n) is 7.98. The number of hydrogen-bond donors (Lipinski definition) is 3. The minimum absolute atomic E-state index is 0.118. The smallest absolute Gasteiger partial charge is 0.219 e. The number of nitrogens with zero attached hydrogens (tertiary/aromatic N) is 2. The van der Waals surface area contributed by atoms with Gasteiger partial charge in [-0.25, -0.2) is 4.99 Å². The molecule has 0 fully saturated rings. The molecule has 6 nitrogen and oxygen atoms in total. The Morgan fingerprint density at radius 3 is 2.69 bits per heavy atom. The van der Waals surface area contributed by atoms with Gasteiger partial charge >= 0.3 is 0 Å². The summed E-state index contributed by atoms with van der Waals surface area (Å²) in [6.07, 6.45) is 17.2. The van der Waals surface area contributed by atoms with E-state index >= 15 is 0 Å². The third-order valence-corrected chi connectivity index (χ3v) is 5.57. The van der Waals surface area contributed by atoms with Crippen LogP contribution < -0.4 is 20.9 Å². The van der Waals surface area contributed by atoms with E-state index in [0.717, 1.165) is 67.7 Å². The quantitative estimate of drug-likeness (QED) is 0.428. The van der Waals surface area contributed by atoms with Crippen molar-refractivity contribution in [3.63, 3.8) is 0 Å². The lowest BCUT2D eigenvalue weighted by Gasteiger charge is -2.34. The lowest BCUT2D eigenvalue weighted by Crippen LogP contribution is -2.43. The highest BCUT2D eigenvalue weighted by Crippen LogP contribution is 2.26. The Bertz CT molecular complexity index is 885. The largest absolute Gasteiger partial charge is 0.385 e. The predicted octanol–water partition coefficient (Wildman–Crippen LogP) is 4.37. The van der Waals surface area contributed by atoms with E-state index in [1.165, 1.54) is 0 Å². The zero-order valence-electron chi connectivity index (χ0n) is 19.0. The van der Waals surface area contributed by atoms with E-state index in [-0.39, 0.29) is 12.2 Å². The number of anilines is 1. The van der Waals surface area contributed by atoms with Gasteiger partial charge in [0.15, 0.2) is 6.29 Å². The van der Waals surface area contributed by atoms with Crippen LogP contribution in [0.25, 0.3) is 0 Å². The maximum Gasteiger partial charge on any atom is 0.219 e. The number of aliphatic imine (C=N–C) groups is 1. The molecule has 0 unspecified atom stereocenters. The van der Waals surface area contributed by atoms with Crippen molar-refractivity contribution in [2.45, 2.75) is 51.2 Å². The van der Waals surface area contributed by atoms with E-state index in [4.69, 9.17) is 4.99 Å². The van der Waals surface area contributed by atoms with Crippen LogP contribution in [0, 0.1) is 0 Å². The van der Waals surface area contributed by atoms with Crippen LogP contribution in [0.5, 0.6) is 0 Å². The summed E-state index contributed by atoms with van der Waals surface area (Å²) in [7, 11) is 1.68. The summed E-state index contributed by atoms with van der Waals surface area (Å²) in [4.78, 5) is 18.2. The van der Waals surface area contributed by atoms with Crippen molar-refractivity contribution < 1.29 is 4.79 Å². The lowest BCUT2D eigenvalue weighted by molar-refractivity contribution is -0.120. The van der Waals surface area contributed by atoms with E-state index in [1.807, 2.05) is 30.6 Å². The highest BCUT2D eigenvalue weighted by molar-refractivity contribution is 5.85. The van der Waals surface area contributed by atoms with Gasteiger partial charge in [-0.15, -0.1) is 0 Å². The number of nitrogens with one attached hydrogen (secondary N) is 3. The molecule has 1 aromatic rings. The Morgan fingerprint density at radius 1 is 1.19 bits per heavy atom. The van der Waals surface area contributed by atoms with Gasteiger partial charge in [0.25, 0.3) is 0 Å². The summed E-state index contributed by atoms with van der Waals surface area (Å²) in [6.45, 7) is 5.03. The Kier molecular flexibility index (Phi) is 9.17. The van der Waals surface area contributed by atoms with Crippen molar-refractivity contribution in [3.8, 4) is 0 Å². The van der Waals surface area contributed by atoms with Crippen LogP contribution in [-0.2, 0) is 4.79 Å². The van der Waals surface area contributed by atoms with Gasteiger partial charge in [-0.2, -0.15) is 0 Å². The van der Waals surface area contributed by atoms with Gasteiger partial charge in [0, 0.05) is 55.1 Å². The molecule has 32 heavy (non-hydrogen) atoms. The van der Waals surface area contributed by atoms with Crippen LogP contribution >= 0.6 is 0 Å². The molecule has 1 aromatic carbocycles. The molecular formula is C26H35N5O. The maximum absolute atomic E-state index is 11.2. The molecule has 170 valence electrons. The van der Waals surface area contributed by atoms with Gasteiger partial charge in [0.05, 0.1) is 0 Å². The van der Waals surface area contributed by atoms with Crippen LogP contribution in [0.15, 0.2) is 83.3 Å². The van der Waals surface area contributed by atoms with Gasteiger partial charge < -0.3 is 20.9 Å². The van der Waals surface area contributed by atoms with Gasteiger partial charge in [-0.3, -0.25) is 4.79 Å². The number of benzene rings is 1. The molecule has 1 aliphatic carbocycles. The van der Waals surface area contributed by atoms with Gasteiger partial charge in [-0.1, -0.05) is 49.8 Å². The van der Waals surface area contributed by atoms with Crippen LogP contribution in [0.4, 0.5) is 5.69 Å². The molecule has 2 aliphatic rings. The topological polar surface area (TPSA) is 68.8 Å². The highest BCUT2D eigenvalue weighted by atomic mass is 16.1. The summed E-state index contributed by atoms with van der Waals surface area (Å²) in [5, 5.41) is 9.49. The average Bonchev–Trinajstić information content (AvgIpc) is 2.85. The Balaban J connectivity index is 1.48. The first-order valence-electron chi connectivity index (χ1n) is 11.5. The first-order chi connectivity index (χ1) is 15.7. The number of hydrogen-bond acceptors (Lipinski definition) is 5. The summed E-state index contributed by atoms with van der Waals surface area (Å²) in [5.41, 5.74) is 4.09. The first kappa shape index (κ1) is 23.4. The molecule has 0 saturated heterocycles. The third kappa shape index (κ3) is 6.87. The zero-order chi connectivity index (χ0) is 22.6. The summed E-state index contributed by atoms with van der Waals surface area (Å²) in [5.74, 6) is 0.118. The number of unbranched alkanes of at least 4 members (excludes halogenated alkanes) is 3. The van der Waals surface area contributed by atoms with E-state index in [2.05, 4.69) is 57.8 Å². The van der Waals surface area contributed by atoms with Crippen LogP contribution in [0.3, 0.4) is 0 Å². The molecular weight excluding hydrogens is 398 g/mol. The van der Waals surface area contributed by atoms with Gasteiger partial charge in [0.1, 0.15) is 0 Å². The normalized spacial score (nSPS) is 17.1. The monoisotopic (exact) mass is 433 g/mol. The lowest BCUT2D eigenvalue weighted by atomic mass is 10.1. The standard InChI is InChI=1S/C26H35N5O/c1-21(28-18-12-4-3-11-17-25(32)27-2)22-19-29-26(30-20-22)31(23-13-7-5-8-14-23)24-15-9-6-10-16-24/h5,7-9,13-16,19-20,26,28-29H,1,3-4,6,10-12,17-18H2,2H3,(H,27,32)/t26-/m1/s1. The zero-order valence-corrected chi connectivity index (χ0v) is 19.0. The molecule has 3 N–H and O–H groups in total. The number of amides is 1. The molecule has 0 radical (unpaired) electrons. The van der Waals surface area contributed by atoms with E-state index in [0.29, 0.717) is 6.42 Å². The highest BCUT2D eigenvalue weighted by Gasteiger charge is 2.22. The van der Waals surface area contributed by atoms with Crippen LogP contribution in [0.2, 0.25) is 0 Å². The molecule has 3 rings (SSSR count). The van der Waals surface area contributed by atoms with Gasteiger partial charge in [0.2, 0.25) is 5.91 Å². The van der Waals surface area contributed by atoms with Crippen LogP contribution in [-0.4, -0.2) is 32.0 Å². The fraction of sp³-hybridized carbons (Fsp3) is 0.385. The SMILES string of the molecule is C=C(NCCCCCCC(=O)NC)C1=CN[C@@H](N(C2=CCCC=C2)c2ccccc2)N=C1. The number of allylic oxidation sites excluding steroid dienone is 4. The number of rotatable bonds is 12. The summed E-state index contributed by atoms with van der Waals surface area (Å²) in [6, 6.07) is 10.3. The second-order valence-corrected chi connectivity index (χ2v) is 7.98. The first-order valence-corrected chi connectivity index (χ1v) is 11.5. The van der Waals surface area contributed by atoms with E-state index < -0.39 is 0 Å². The molecule has 1 heterocycles. The fourth-order valence-corrected chi connectivity index (χ4v) is 3.73.